The molecule has 0 radical (unpaired) electrons. The molecule has 1 saturated heterocycles. The fraction of sp³-hybridized carbons (Fsp3) is 0.310. The lowest BCUT2D eigenvalue weighted by Gasteiger charge is -2.39. The zero-order chi connectivity index (χ0) is 24.1. The van der Waals surface area contributed by atoms with Crippen molar-refractivity contribution in [3.63, 3.8) is 0 Å². The fourth-order valence-electron chi connectivity index (χ4n) is 4.38. The third-order valence-electron chi connectivity index (χ3n) is 6.21. The number of ether oxygens (including phenoxy) is 1. The van der Waals surface area contributed by atoms with Gasteiger partial charge in [-0.15, -0.1) is 0 Å². The monoisotopic (exact) mass is 470 g/mol. The van der Waals surface area contributed by atoms with Gasteiger partial charge in [0.25, 0.3) is 0 Å². The van der Waals surface area contributed by atoms with Gasteiger partial charge in [-0.05, 0) is 28.8 Å². The summed E-state index contributed by atoms with van der Waals surface area (Å²) in [4.78, 5) is 21.0. The lowest BCUT2D eigenvalue weighted by molar-refractivity contribution is -0.116. The molecule has 2 aromatic carbocycles. The van der Waals surface area contributed by atoms with E-state index in [2.05, 4.69) is 80.8 Å². The van der Waals surface area contributed by atoms with Crippen molar-refractivity contribution in [2.75, 3.05) is 52.5 Å². The van der Waals surface area contributed by atoms with E-state index in [0.29, 0.717) is 19.8 Å². The summed E-state index contributed by atoms with van der Waals surface area (Å²) < 4.78 is 5.76. The summed E-state index contributed by atoms with van der Waals surface area (Å²) in [6.07, 6.45) is 6.70. The van der Waals surface area contributed by atoms with Crippen molar-refractivity contribution in [2.45, 2.75) is 6.04 Å². The molecule has 2 heterocycles. The summed E-state index contributed by atoms with van der Waals surface area (Å²) in [6, 6.07) is 25.6. The Morgan fingerprint density at radius 3 is 2.23 bits per heavy atom. The minimum absolute atomic E-state index is 0.125. The van der Waals surface area contributed by atoms with Crippen LogP contribution in [0.5, 0.6) is 0 Å². The van der Waals surface area contributed by atoms with E-state index in [1.54, 1.807) is 18.5 Å². The van der Waals surface area contributed by atoms with Gasteiger partial charge >= 0.3 is 0 Å². The summed E-state index contributed by atoms with van der Waals surface area (Å²) in [5, 5.41) is 2.85. The molecule has 0 bridgehead atoms. The second-order valence-electron chi connectivity index (χ2n) is 8.62. The third-order valence-corrected chi connectivity index (χ3v) is 6.21. The standard InChI is InChI=1S/C29H34N4O2/c34-28(14-13-25-8-7-15-30-24-25)31-16-22-35-23-21-32-17-19-33(20-18-32)29(26-9-3-1-4-10-26)27-11-5-2-6-12-27/h1-15,24,29H,16-23H2,(H,31,34)/b14-13-. The minimum atomic E-state index is -0.125. The number of carbonyl (C=O) groups is 1. The van der Waals surface area contributed by atoms with E-state index in [1.165, 1.54) is 17.2 Å². The quantitative estimate of drug-likeness (QED) is 0.343. The Morgan fingerprint density at radius 2 is 1.60 bits per heavy atom. The SMILES string of the molecule is O=C(/C=C\c1cccnc1)NCCOCCN1CCN(C(c2ccccc2)c2ccccc2)CC1. The van der Waals surface area contributed by atoms with Crippen LogP contribution in [0.15, 0.2) is 91.3 Å². The molecule has 1 N–H and O–H groups in total. The lowest BCUT2D eigenvalue weighted by atomic mass is 9.96. The first kappa shape index (κ1) is 24.8. The highest BCUT2D eigenvalue weighted by atomic mass is 16.5. The number of carbonyl (C=O) groups excluding carboxylic acids is 1. The number of pyridine rings is 1. The van der Waals surface area contributed by atoms with Gasteiger partial charge in [0.15, 0.2) is 0 Å². The maximum Gasteiger partial charge on any atom is 0.244 e. The van der Waals surface area contributed by atoms with E-state index in [4.69, 9.17) is 4.74 Å². The summed E-state index contributed by atoms with van der Waals surface area (Å²) in [5.41, 5.74) is 3.58. The molecule has 3 aromatic rings. The second-order valence-corrected chi connectivity index (χ2v) is 8.62. The molecule has 1 fully saturated rings. The Hall–Kier alpha value is -3.32. The number of nitrogens with one attached hydrogen (secondary N) is 1. The molecule has 182 valence electrons. The highest BCUT2D eigenvalue weighted by Crippen LogP contribution is 2.29. The van der Waals surface area contributed by atoms with E-state index >= 15 is 0 Å². The molecular weight excluding hydrogens is 436 g/mol. The molecule has 6 heteroatoms. The van der Waals surface area contributed by atoms with Gasteiger partial charge in [-0.1, -0.05) is 66.7 Å². The molecule has 0 saturated carbocycles. The van der Waals surface area contributed by atoms with Gasteiger partial charge in [-0.2, -0.15) is 0 Å². The van der Waals surface area contributed by atoms with Crippen LogP contribution in [-0.2, 0) is 9.53 Å². The van der Waals surface area contributed by atoms with E-state index < -0.39 is 0 Å². The normalized spacial score (nSPS) is 15.0. The van der Waals surface area contributed by atoms with E-state index in [9.17, 15) is 4.79 Å². The van der Waals surface area contributed by atoms with Gasteiger partial charge in [0.2, 0.25) is 5.91 Å². The number of amides is 1. The van der Waals surface area contributed by atoms with Crippen molar-refractivity contribution in [1.29, 1.82) is 0 Å². The van der Waals surface area contributed by atoms with Crippen LogP contribution in [0.25, 0.3) is 6.08 Å². The summed E-state index contributed by atoms with van der Waals surface area (Å²) in [6.45, 7) is 6.68. The number of nitrogens with zero attached hydrogens (tertiary/aromatic N) is 3. The number of hydrogen-bond donors (Lipinski definition) is 1. The predicted octanol–water partition coefficient (Wildman–Crippen LogP) is 3.63. The average Bonchev–Trinajstić information content (AvgIpc) is 2.92. The number of rotatable bonds is 11. The van der Waals surface area contributed by atoms with Gasteiger partial charge in [0.1, 0.15) is 0 Å². The molecule has 0 unspecified atom stereocenters. The first-order valence-corrected chi connectivity index (χ1v) is 12.3. The Balaban J connectivity index is 1.14. The van der Waals surface area contributed by atoms with Crippen molar-refractivity contribution in [2.24, 2.45) is 0 Å². The molecule has 0 spiro atoms. The van der Waals surface area contributed by atoms with Crippen LogP contribution in [0, 0.1) is 0 Å². The number of piperazine rings is 1. The zero-order valence-corrected chi connectivity index (χ0v) is 20.1. The van der Waals surface area contributed by atoms with Crippen molar-refractivity contribution in [3.05, 3.63) is 108 Å². The van der Waals surface area contributed by atoms with Gasteiger partial charge in [0, 0.05) is 57.7 Å². The average molecular weight is 471 g/mol. The predicted molar refractivity (Wildman–Crippen MR) is 140 cm³/mol. The summed E-state index contributed by atoms with van der Waals surface area (Å²) in [5.74, 6) is -0.125. The van der Waals surface area contributed by atoms with Crippen LogP contribution in [0.1, 0.15) is 22.7 Å². The molecule has 0 aliphatic carbocycles. The van der Waals surface area contributed by atoms with Crippen LogP contribution < -0.4 is 5.32 Å². The molecule has 1 amide bonds. The largest absolute Gasteiger partial charge is 0.378 e. The fourth-order valence-corrected chi connectivity index (χ4v) is 4.38. The molecule has 4 rings (SSSR count). The van der Waals surface area contributed by atoms with Crippen LogP contribution in [0.3, 0.4) is 0 Å². The molecule has 6 nitrogen and oxygen atoms in total. The van der Waals surface area contributed by atoms with Crippen molar-refractivity contribution in [1.82, 2.24) is 20.1 Å². The first-order valence-electron chi connectivity index (χ1n) is 12.3. The van der Waals surface area contributed by atoms with Gasteiger partial charge in [-0.3, -0.25) is 19.6 Å². The Bertz CT molecular complexity index is 997. The molecule has 0 atom stereocenters. The molecular formula is C29H34N4O2. The van der Waals surface area contributed by atoms with Crippen molar-refractivity contribution < 1.29 is 9.53 Å². The van der Waals surface area contributed by atoms with Crippen LogP contribution in [-0.4, -0.2) is 73.2 Å². The van der Waals surface area contributed by atoms with E-state index in [-0.39, 0.29) is 11.9 Å². The Kier molecular flexibility index (Phi) is 9.59. The Labute approximate surface area is 208 Å². The summed E-state index contributed by atoms with van der Waals surface area (Å²) >= 11 is 0. The number of hydrogen-bond acceptors (Lipinski definition) is 5. The Morgan fingerprint density at radius 1 is 0.914 bits per heavy atom. The first-order chi connectivity index (χ1) is 17.3. The van der Waals surface area contributed by atoms with Crippen LogP contribution in [0.2, 0.25) is 0 Å². The topological polar surface area (TPSA) is 57.7 Å². The maximum absolute atomic E-state index is 11.9. The van der Waals surface area contributed by atoms with Crippen LogP contribution in [0.4, 0.5) is 0 Å². The zero-order valence-electron chi connectivity index (χ0n) is 20.1. The van der Waals surface area contributed by atoms with Crippen molar-refractivity contribution >= 4 is 12.0 Å². The number of benzene rings is 2. The highest BCUT2D eigenvalue weighted by molar-refractivity contribution is 5.91. The van der Waals surface area contributed by atoms with Gasteiger partial charge in [-0.25, -0.2) is 0 Å². The second kappa shape index (κ2) is 13.5. The van der Waals surface area contributed by atoms with E-state index in [0.717, 1.165) is 38.3 Å². The van der Waals surface area contributed by atoms with E-state index in [1.807, 2.05) is 12.1 Å². The third kappa shape index (κ3) is 7.86. The highest BCUT2D eigenvalue weighted by Gasteiger charge is 2.26. The number of aromatic nitrogens is 1. The smallest absolute Gasteiger partial charge is 0.244 e. The molecule has 35 heavy (non-hydrogen) atoms. The van der Waals surface area contributed by atoms with Gasteiger partial charge in [0.05, 0.1) is 19.3 Å². The lowest BCUT2D eigenvalue weighted by Crippen LogP contribution is -2.48. The maximum atomic E-state index is 11.9. The minimum Gasteiger partial charge on any atom is -0.378 e. The van der Waals surface area contributed by atoms with Crippen LogP contribution >= 0.6 is 0 Å². The van der Waals surface area contributed by atoms with Gasteiger partial charge < -0.3 is 10.1 Å². The molecule has 1 aliphatic heterocycles. The van der Waals surface area contributed by atoms with Crippen molar-refractivity contribution in [3.8, 4) is 0 Å². The molecule has 1 aliphatic rings. The molecule has 1 aromatic heterocycles. The summed E-state index contributed by atoms with van der Waals surface area (Å²) in [7, 11) is 0.